The Labute approximate surface area is 129 Å². The van der Waals surface area contributed by atoms with Gasteiger partial charge in [-0.15, -0.1) is 0 Å². The van der Waals surface area contributed by atoms with Crippen molar-refractivity contribution in [3.63, 3.8) is 0 Å². The second kappa shape index (κ2) is 6.32. The molecule has 1 aromatic rings. The maximum atomic E-state index is 12.9. The predicted octanol–water partition coefficient (Wildman–Crippen LogP) is 0.735. The van der Waals surface area contributed by atoms with Crippen LogP contribution in [-0.4, -0.2) is 72.4 Å². The van der Waals surface area contributed by atoms with Crippen molar-refractivity contribution in [3.05, 3.63) is 35.6 Å². The molecule has 22 heavy (non-hydrogen) atoms. The van der Waals surface area contributed by atoms with Gasteiger partial charge >= 0.3 is 0 Å². The second-order valence-electron chi connectivity index (χ2n) is 6.10. The Balaban J connectivity index is 1.60. The van der Waals surface area contributed by atoms with Crippen molar-refractivity contribution in [1.29, 1.82) is 0 Å². The summed E-state index contributed by atoms with van der Waals surface area (Å²) in [4.78, 5) is 16.2. The van der Waals surface area contributed by atoms with Crippen LogP contribution in [0.1, 0.15) is 16.8 Å². The molecular formula is C16H21FN2O3. The summed E-state index contributed by atoms with van der Waals surface area (Å²) in [7, 11) is 0. The standard InChI is InChI=1S/C16H21FN2O3/c17-14-3-1-13(2-4-14)15(20)19-6-5-16(21,12-19)11-18-7-9-22-10-8-18/h1-4,21H,5-12H2/t16-/m0/s1. The van der Waals surface area contributed by atoms with Gasteiger partial charge in [0.1, 0.15) is 5.82 Å². The molecule has 2 heterocycles. The normalized spacial score (nSPS) is 26.4. The molecule has 120 valence electrons. The summed E-state index contributed by atoms with van der Waals surface area (Å²) >= 11 is 0. The first-order valence-electron chi connectivity index (χ1n) is 7.63. The van der Waals surface area contributed by atoms with Crippen molar-refractivity contribution in [2.75, 3.05) is 45.9 Å². The summed E-state index contributed by atoms with van der Waals surface area (Å²) in [6.07, 6.45) is 0.567. The molecular weight excluding hydrogens is 287 g/mol. The maximum Gasteiger partial charge on any atom is 0.253 e. The van der Waals surface area contributed by atoms with Gasteiger partial charge in [0.15, 0.2) is 0 Å². The van der Waals surface area contributed by atoms with Gasteiger partial charge in [0.25, 0.3) is 5.91 Å². The van der Waals surface area contributed by atoms with Crippen LogP contribution in [0, 0.1) is 5.82 Å². The van der Waals surface area contributed by atoms with Crippen molar-refractivity contribution in [3.8, 4) is 0 Å². The van der Waals surface area contributed by atoms with Crippen LogP contribution in [0.15, 0.2) is 24.3 Å². The molecule has 0 aliphatic carbocycles. The monoisotopic (exact) mass is 308 g/mol. The van der Waals surface area contributed by atoms with Gasteiger partial charge in [-0.1, -0.05) is 0 Å². The lowest BCUT2D eigenvalue weighted by atomic mass is 10.0. The van der Waals surface area contributed by atoms with E-state index in [-0.39, 0.29) is 11.7 Å². The number of likely N-dealkylation sites (tertiary alicyclic amines) is 1. The third-order valence-electron chi connectivity index (χ3n) is 4.33. The number of benzene rings is 1. The maximum absolute atomic E-state index is 12.9. The number of carbonyl (C=O) groups excluding carboxylic acids is 1. The number of hydrogen-bond donors (Lipinski definition) is 1. The molecule has 0 bridgehead atoms. The highest BCUT2D eigenvalue weighted by molar-refractivity contribution is 5.94. The van der Waals surface area contributed by atoms with E-state index in [0.29, 0.717) is 44.8 Å². The van der Waals surface area contributed by atoms with Crippen LogP contribution < -0.4 is 0 Å². The number of halogens is 1. The summed E-state index contributed by atoms with van der Waals surface area (Å²) < 4.78 is 18.2. The van der Waals surface area contributed by atoms with Crippen molar-refractivity contribution in [2.45, 2.75) is 12.0 Å². The Morgan fingerprint density at radius 3 is 2.59 bits per heavy atom. The van der Waals surface area contributed by atoms with Gasteiger partial charge in [0, 0.05) is 31.7 Å². The van der Waals surface area contributed by atoms with Crippen molar-refractivity contribution < 1.29 is 19.0 Å². The quantitative estimate of drug-likeness (QED) is 0.895. The zero-order chi connectivity index (χ0) is 15.6. The van der Waals surface area contributed by atoms with Gasteiger partial charge in [-0.25, -0.2) is 4.39 Å². The number of hydrogen-bond acceptors (Lipinski definition) is 4. The van der Waals surface area contributed by atoms with E-state index in [0.717, 1.165) is 13.1 Å². The van der Waals surface area contributed by atoms with Crippen LogP contribution in [0.2, 0.25) is 0 Å². The Kier molecular flexibility index (Phi) is 4.42. The molecule has 1 aromatic carbocycles. The number of β-amino-alcohol motifs (C(OH)–C–C–N with tert-alkyl or cyclic N) is 1. The number of ether oxygens (including phenoxy) is 1. The number of carbonyl (C=O) groups is 1. The highest BCUT2D eigenvalue weighted by Gasteiger charge is 2.39. The predicted molar refractivity (Wildman–Crippen MR) is 79.1 cm³/mol. The first-order valence-corrected chi connectivity index (χ1v) is 7.63. The fraction of sp³-hybridized carbons (Fsp3) is 0.562. The first kappa shape index (κ1) is 15.4. The van der Waals surface area contributed by atoms with Gasteiger partial charge in [-0.2, -0.15) is 0 Å². The number of nitrogens with zero attached hydrogens (tertiary/aromatic N) is 2. The highest BCUT2D eigenvalue weighted by atomic mass is 19.1. The van der Waals surface area contributed by atoms with Gasteiger partial charge < -0.3 is 14.7 Å². The largest absolute Gasteiger partial charge is 0.387 e. The minimum atomic E-state index is -0.868. The van der Waals surface area contributed by atoms with Crippen LogP contribution >= 0.6 is 0 Å². The Hall–Kier alpha value is -1.50. The fourth-order valence-electron chi connectivity index (χ4n) is 3.11. The number of aliphatic hydroxyl groups is 1. The number of amides is 1. The lowest BCUT2D eigenvalue weighted by Gasteiger charge is -2.33. The van der Waals surface area contributed by atoms with E-state index in [2.05, 4.69) is 4.90 Å². The molecule has 1 N–H and O–H groups in total. The third-order valence-corrected chi connectivity index (χ3v) is 4.33. The summed E-state index contributed by atoms with van der Waals surface area (Å²) in [6.45, 7) is 4.41. The van der Waals surface area contributed by atoms with Crippen LogP contribution in [0.3, 0.4) is 0 Å². The third kappa shape index (κ3) is 3.45. The van der Waals surface area contributed by atoms with E-state index in [1.807, 2.05) is 0 Å². The van der Waals surface area contributed by atoms with Gasteiger partial charge in [0.2, 0.25) is 0 Å². The van der Waals surface area contributed by atoms with E-state index in [1.165, 1.54) is 24.3 Å². The second-order valence-corrected chi connectivity index (χ2v) is 6.10. The molecule has 2 aliphatic rings. The fourth-order valence-corrected chi connectivity index (χ4v) is 3.11. The molecule has 1 amide bonds. The molecule has 5 nitrogen and oxygen atoms in total. The SMILES string of the molecule is O=C(c1ccc(F)cc1)N1CC[C@](O)(CN2CCOCC2)C1. The van der Waals surface area contributed by atoms with Crippen molar-refractivity contribution in [1.82, 2.24) is 9.80 Å². The molecule has 0 unspecified atom stereocenters. The Morgan fingerprint density at radius 2 is 1.91 bits per heavy atom. The Bertz CT molecular complexity index is 531. The Morgan fingerprint density at radius 1 is 1.23 bits per heavy atom. The van der Waals surface area contributed by atoms with E-state index in [4.69, 9.17) is 4.74 Å². The van der Waals surface area contributed by atoms with Crippen LogP contribution in [-0.2, 0) is 4.74 Å². The molecule has 3 rings (SSSR count). The van der Waals surface area contributed by atoms with Crippen LogP contribution in [0.25, 0.3) is 0 Å². The molecule has 0 aromatic heterocycles. The summed E-state index contributed by atoms with van der Waals surface area (Å²) in [5.74, 6) is -0.514. The molecule has 0 spiro atoms. The van der Waals surface area contributed by atoms with Crippen molar-refractivity contribution >= 4 is 5.91 Å². The molecule has 6 heteroatoms. The lowest BCUT2D eigenvalue weighted by molar-refractivity contribution is -0.0257. The van der Waals surface area contributed by atoms with Crippen LogP contribution in [0.5, 0.6) is 0 Å². The average molecular weight is 308 g/mol. The summed E-state index contributed by atoms with van der Waals surface area (Å²) in [6, 6.07) is 5.53. The van der Waals surface area contributed by atoms with Crippen LogP contribution in [0.4, 0.5) is 4.39 Å². The van der Waals surface area contributed by atoms with Gasteiger partial charge in [-0.05, 0) is 30.7 Å². The average Bonchev–Trinajstić information content (AvgIpc) is 2.90. The van der Waals surface area contributed by atoms with Gasteiger partial charge in [-0.3, -0.25) is 9.69 Å². The molecule has 2 saturated heterocycles. The van der Waals surface area contributed by atoms with E-state index in [1.54, 1.807) is 4.90 Å². The minimum Gasteiger partial charge on any atom is -0.387 e. The lowest BCUT2D eigenvalue weighted by Crippen LogP contribution is -2.49. The smallest absolute Gasteiger partial charge is 0.253 e. The van der Waals surface area contributed by atoms with Crippen molar-refractivity contribution in [2.24, 2.45) is 0 Å². The summed E-state index contributed by atoms with van der Waals surface area (Å²) in [5, 5.41) is 10.7. The summed E-state index contributed by atoms with van der Waals surface area (Å²) in [5.41, 5.74) is -0.412. The van der Waals surface area contributed by atoms with E-state index < -0.39 is 5.60 Å². The highest BCUT2D eigenvalue weighted by Crippen LogP contribution is 2.24. The number of morpholine rings is 1. The zero-order valence-corrected chi connectivity index (χ0v) is 12.5. The minimum absolute atomic E-state index is 0.155. The molecule has 2 aliphatic heterocycles. The number of rotatable bonds is 3. The van der Waals surface area contributed by atoms with Gasteiger partial charge in [0.05, 0.1) is 25.4 Å². The molecule has 2 fully saturated rings. The van der Waals surface area contributed by atoms with E-state index >= 15 is 0 Å². The molecule has 1 atom stereocenters. The molecule has 0 saturated carbocycles. The first-order chi connectivity index (χ1) is 10.6. The zero-order valence-electron chi connectivity index (χ0n) is 12.5. The molecule has 0 radical (unpaired) electrons. The van der Waals surface area contributed by atoms with E-state index in [9.17, 15) is 14.3 Å². The topological polar surface area (TPSA) is 53.0 Å².